The summed E-state index contributed by atoms with van der Waals surface area (Å²) in [5.74, 6) is 0. The summed E-state index contributed by atoms with van der Waals surface area (Å²) in [6.45, 7) is -1.92. The highest BCUT2D eigenvalue weighted by Gasteiger charge is 2.31. The fraction of sp³-hybridized carbons (Fsp3) is 0.200. The van der Waals surface area contributed by atoms with Gasteiger partial charge in [0.15, 0.2) is 6.61 Å². The number of hydrogen-bond acceptors (Lipinski definition) is 4. The van der Waals surface area contributed by atoms with E-state index in [4.69, 9.17) is 0 Å². The van der Waals surface area contributed by atoms with Crippen LogP contribution in [0.25, 0.3) is 6.08 Å². The molecule has 0 heterocycles. The minimum Gasteiger partial charge on any atom is -0.370 e. The third-order valence-electron chi connectivity index (χ3n) is 1.60. The maximum atomic E-state index is 11.7. The van der Waals surface area contributed by atoms with Gasteiger partial charge in [0.25, 0.3) is 0 Å². The second kappa shape index (κ2) is 5.87. The first kappa shape index (κ1) is 14.5. The fourth-order valence-corrected chi connectivity index (χ4v) is 1.43. The summed E-state index contributed by atoms with van der Waals surface area (Å²) in [6, 6.07) is 8.47. The average Bonchev–Trinajstić information content (AvgIpc) is 2.27. The van der Waals surface area contributed by atoms with E-state index in [0.29, 0.717) is 5.56 Å². The molecule has 1 aromatic carbocycles. The van der Waals surface area contributed by atoms with Crippen LogP contribution in [0.5, 0.6) is 0 Å². The Labute approximate surface area is 102 Å². The molecular formula is C10H9F3O4S. The standard InChI is InChI=1S/C10H9F3O4S/c11-10(12,13)8-17-18(14,15)16-7-6-9-4-2-1-3-5-9/h1-7H,8H2/b7-6+. The normalized spacial score (nSPS) is 12.8. The third-order valence-corrected chi connectivity index (χ3v) is 2.35. The number of alkyl halides is 3. The van der Waals surface area contributed by atoms with Gasteiger partial charge in [-0.05, 0) is 11.6 Å². The van der Waals surface area contributed by atoms with Gasteiger partial charge in [-0.25, -0.2) is 4.18 Å². The summed E-state index contributed by atoms with van der Waals surface area (Å²) in [5, 5.41) is 0. The van der Waals surface area contributed by atoms with Crippen molar-refractivity contribution in [3.63, 3.8) is 0 Å². The lowest BCUT2D eigenvalue weighted by molar-refractivity contribution is -0.153. The molecule has 0 atom stereocenters. The second-order valence-corrected chi connectivity index (χ2v) is 4.34. The van der Waals surface area contributed by atoms with Gasteiger partial charge in [0.1, 0.15) is 6.26 Å². The highest BCUT2D eigenvalue weighted by molar-refractivity contribution is 7.81. The lowest BCUT2D eigenvalue weighted by Crippen LogP contribution is -2.20. The number of halogens is 3. The highest BCUT2D eigenvalue weighted by atomic mass is 32.3. The largest absolute Gasteiger partial charge is 0.448 e. The van der Waals surface area contributed by atoms with Crippen LogP contribution in [-0.2, 0) is 18.8 Å². The Balaban J connectivity index is 2.50. The van der Waals surface area contributed by atoms with Crippen LogP contribution in [0.1, 0.15) is 5.56 Å². The van der Waals surface area contributed by atoms with Crippen LogP contribution in [0.2, 0.25) is 0 Å². The summed E-state index contributed by atoms with van der Waals surface area (Å²) in [7, 11) is -4.69. The number of rotatable bonds is 5. The number of benzene rings is 1. The van der Waals surface area contributed by atoms with Crippen LogP contribution >= 0.6 is 0 Å². The number of hydrogen-bond donors (Lipinski definition) is 0. The molecule has 0 N–H and O–H groups in total. The SMILES string of the molecule is O=S(=O)(O/C=C/c1ccccc1)OCC(F)(F)F. The van der Waals surface area contributed by atoms with E-state index >= 15 is 0 Å². The van der Waals surface area contributed by atoms with Crippen LogP contribution in [0.4, 0.5) is 13.2 Å². The van der Waals surface area contributed by atoms with E-state index in [9.17, 15) is 21.6 Å². The fourth-order valence-electron chi connectivity index (χ4n) is 0.905. The maximum Gasteiger partial charge on any atom is 0.448 e. The maximum absolute atomic E-state index is 11.7. The van der Waals surface area contributed by atoms with Gasteiger partial charge in [0.2, 0.25) is 0 Å². The van der Waals surface area contributed by atoms with Crippen molar-refractivity contribution in [3.05, 3.63) is 42.2 Å². The van der Waals surface area contributed by atoms with Crippen molar-refractivity contribution in [2.75, 3.05) is 6.61 Å². The summed E-state index contributed by atoms with van der Waals surface area (Å²) in [6.07, 6.45) is -2.73. The molecule has 0 amide bonds. The highest BCUT2D eigenvalue weighted by Crippen LogP contribution is 2.16. The Kier molecular flexibility index (Phi) is 4.74. The molecule has 100 valence electrons. The molecule has 0 saturated heterocycles. The van der Waals surface area contributed by atoms with E-state index in [1.165, 1.54) is 6.08 Å². The van der Waals surface area contributed by atoms with Crippen LogP contribution in [0, 0.1) is 0 Å². The van der Waals surface area contributed by atoms with E-state index in [2.05, 4.69) is 8.37 Å². The molecule has 0 radical (unpaired) electrons. The van der Waals surface area contributed by atoms with Gasteiger partial charge in [0.05, 0.1) is 0 Å². The van der Waals surface area contributed by atoms with Crippen molar-refractivity contribution in [1.82, 2.24) is 0 Å². The molecule has 0 fully saturated rings. The van der Waals surface area contributed by atoms with Gasteiger partial charge < -0.3 is 4.18 Å². The zero-order valence-corrected chi connectivity index (χ0v) is 9.74. The molecule has 0 unspecified atom stereocenters. The summed E-state index contributed by atoms with van der Waals surface area (Å²) >= 11 is 0. The summed E-state index contributed by atoms with van der Waals surface area (Å²) < 4.78 is 64.6. The van der Waals surface area contributed by atoms with Crippen molar-refractivity contribution in [2.24, 2.45) is 0 Å². The second-order valence-electron chi connectivity index (χ2n) is 3.10. The molecule has 0 saturated carbocycles. The van der Waals surface area contributed by atoms with Gasteiger partial charge in [-0.3, -0.25) is 0 Å². The van der Waals surface area contributed by atoms with Crippen LogP contribution in [0.3, 0.4) is 0 Å². The minimum atomic E-state index is -4.74. The van der Waals surface area contributed by atoms with Gasteiger partial charge in [-0.15, -0.1) is 0 Å². The Bertz CT molecular complexity index is 494. The van der Waals surface area contributed by atoms with Crippen LogP contribution in [0.15, 0.2) is 36.6 Å². The predicted molar refractivity (Wildman–Crippen MR) is 57.5 cm³/mol. The molecule has 1 rings (SSSR count). The Hall–Kier alpha value is -1.54. The van der Waals surface area contributed by atoms with Crippen molar-refractivity contribution in [2.45, 2.75) is 6.18 Å². The lowest BCUT2D eigenvalue weighted by atomic mass is 10.2. The van der Waals surface area contributed by atoms with Crippen molar-refractivity contribution in [1.29, 1.82) is 0 Å². The molecule has 0 spiro atoms. The molecule has 0 aromatic heterocycles. The first-order valence-corrected chi connectivity index (χ1v) is 5.98. The summed E-state index contributed by atoms with van der Waals surface area (Å²) in [4.78, 5) is 0. The first-order chi connectivity index (χ1) is 8.29. The van der Waals surface area contributed by atoms with E-state index in [1.807, 2.05) is 0 Å². The van der Waals surface area contributed by atoms with E-state index in [0.717, 1.165) is 6.26 Å². The Morgan fingerprint density at radius 2 is 1.78 bits per heavy atom. The molecule has 0 aliphatic carbocycles. The van der Waals surface area contributed by atoms with E-state index < -0.39 is 23.2 Å². The van der Waals surface area contributed by atoms with Crippen molar-refractivity contribution in [3.8, 4) is 0 Å². The topological polar surface area (TPSA) is 52.6 Å². The monoisotopic (exact) mass is 282 g/mol. The zero-order chi connectivity index (χ0) is 13.6. The van der Waals surface area contributed by atoms with Gasteiger partial charge in [-0.2, -0.15) is 21.6 Å². The predicted octanol–water partition coefficient (Wildman–Crippen LogP) is 2.50. The van der Waals surface area contributed by atoms with Crippen molar-refractivity contribution >= 4 is 16.5 Å². The molecule has 4 nitrogen and oxygen atoms in total. The molecule has 1 aromatic rings. The minimum absolute atomic E-state index is 0.628. The van der Waals surface area contributed by atoms with E-state index in [1.54, 1.807) is 30.3 Å². The molecule has 0 aliphatic rings. The Morgan fingerprint density at radius 1 is 1.17 bits per heavy atom. The molecule has 18 heavy (non-hydrogen) atoms. The molecule has 8 heteroatoms. The van der Waals surface area contributed by atoms with Gasteiger partial charge >= 0.3 is 16.6 Å². The quantitative estimate of drug-likeness (QED) is 0.779. The third kappa shape index (κ3) is 6.26. The lowest BCUT2D eigenvalue weighted by Gasteiger charge is -2.06. The van der Waals surface area contributed by atoms with Gasteiger partial charge in [-0.1, -0.05) is 30.3 Å². The smallest absolute Gasteiger partial charge is 0.370 e. The van der Waals surface area contributed by atoms with Crippen LogP contribution < -0.4 is 0 Å². The van der Waals surface area contributed by atoms with Crippen molar-refractivity contribution < 1.29 is 30.0 Å². The molecular weight excluding hydrogens is 273 g/mol. The first-order valence-electron chi connectivity index (χ1n) is 4.64. The van der Waals surface area contributed by atoms with E-state index in [-0.39, 0.29) is 0 Å². The molecule has 0 bridgehead atoms. The Morgan fingerprint density at radius 3 is 2.33 bits per heavy atom. The zero-order valence-electron chi connectivity index (χ0n) is 8.92. The van der Waals surface area contributed by atoms with Crippen LogP contribution in [-0.4, -0.2) is 21.2 Å². The van der Waals surface area contributed by atoms with Gasteiger partial charge in [0, 0.05) is 0 Å². The average molecular weight is 282 g/mol. The summed E-state index contributed by atoms with van der Waals surface area (Å²) in [5.41, 5.74) is 0.628. The molecule has 0 aliphatic heterocycles.